The van der Waals surface area contributed by atoms with Gasteiger partial charge in [-0.05, 0) is 52.2 Å². The molecular formula is C29H28N2O7. The second kappa shape index (κ2) is 8.86. The minimum atomic E-state index is -1.61. The van der Waals surface area contributed by atoms with Gasteiger partial charge in [0.05, 0.1) is 17.7 Å². The number of nitrogens with zero attached hydrogens (tertiary/aromatic N) is 1. The first kappa shape index (κ1) is 25.3. The van der Waals surface area contributed by atoms with Gasteiger partial charge in [-0.1, -0.05) is 18.2 Å². The van der Waals surface area contributed by atoms with E-state index in [1.165, 1.54) is 20.8 Å². The Kier molecular flexibility index (Phi) is 5.89. The van der Waals surface area contributed by atoms with E-state index in [9.17, 15) is 29.4 Å². The molecule has 196 valence electrons. The Hall–Kier alpha value is -4.40. The van der Waals surface area contributed by atoms with Crippen molar-refractivity contribution in [3.63, 3.8) is 0 Å². The number of amides is 1. The number of ether oxygens (including phenoxy) is 1. The smallest absolute Gasteiger partial charge is 0.246 e. The Morgan fingerprint density at radius 2 is 1.84 bits per heavy atom. The van der Waals surface area contributed by atoms with Gasteiger partial charge in [-0.3, -0.25) is 19.2 Å². The van der Waals surface area contributed by atoms with Crippen LogP contribution in [0.2, 0.25) is 0 Å². The Balaban J connectivity index is 1.49. The molecule has 2 aromatic rings. The van der Waals surface area contributed by atoms with Crippen LogP contribution >= 0.6 is 0 Å². The van der Waals surface area contributed by atoms with Gasteiger partial charge >= 0.3 is 0 Å². The largest absolute Gasteiger partial charge is 0.507 e. The molecule has 0 aromatic heterocycles. The number of nitrogens with one attached hydrogen (secondary N) is 1. The normalized spacial score (nSPS) is 21.2. The number of anilines is 1. The first-order valence-electron chi connectivity index (χ1n) is 12.4. The van der Waals surface area contributed by atoms with Crippen LogP contribution in [0.25, 0.3) is 0 Å². The van der Waals surface area contributed by atoms with Gasteiger partial charge in [0.15, 0.2) is 17.3 Å². The summed E-state index contributed by atoms with van der Waals surface area (Å²) < 4.78 is 5.78. The second-order valence-electron chi connectivity index (χ2n) is 10.0. The number of rotatable bonds is 4. The average molecular weight is 517 g/mol. The maximum atomic E-state index is 13.9. The minimum Gasteiger partial charge on any atom is -0.507 e. The number of para-hydroxylation sites is 1. The van der Waals surface area contributed by atoms with Gasteiger partial charge in [0.2, 0.25) is 5.91 Å². The van der Waals surface area contributed by atoms with Gasteiger partial charge in [-0.15, -0.1) is 0 Å². The molecule has 0 radical (unpaired) electrons. The predicted molar refractivity (Wildman–Crippen MR) is 138 cm³/mol. The Morgan fingerprint density at radius 1 is 1.13 bits per heavy atom. The lowest BCUT2D eigenvalue weighted by atomic mass is 9.70. The quantitative estimate of drug-likeness (QED) is 0.321. The number of carbonyl (C=O) groups excluding carboxylic acids is 4. The van der Waals surface area contributed by atoms with Crippen LogP contribution in [0.5, 0.6) is 17.2 Å². The number of phenols is 2. The van der Waals surface area contributed by atoms with Gasteiger partial charge in [0, 0.05) is 29.6 Å². The number of benzene rings is 2. The third-order valence-electron chi connectivity index (χ3n) is 7.68. The molecule has 9 nitrogen and oxygen atoms in total. The van der Waals surface area contributed by atoms with Crippen molar-refractivity contribution in [3.05, 3.63) is 69.6 Å². The van der Waals surface area contributed by atoms with Crippen LogP contribution in [0.4, 0.5) is 5.69 Å². The third kappa shape index (κ3) is 3.53. The molecule has 1 aliphatic carbocycles. The SMILES string of the molecule is CC(=O)c1c(O)c(C)c(O)c2c1OC1=CC(=O)C(=C(C)NCC(=O)N3CCCc4ccccc43)C(=O)C12C. The molecule has 1 amide bonds. The van der Waals surface area contributed by atoms with E-state index >= 15 is 0 Å². The molecule has 0 fully saturated rings. The van der Waals surface area contributed by atoms with E-state index in [0.717, 1.165) is 30.2 Å². The molecule has 3 N–H and O–H groups in total. The Labute approximate surface area is 219 Å². The van der Waals surface area contributed by atoms with Gasteiger partial charge in [0.25, 0.3) is 0 Å². The van der Waals surface area contributed by atoms with E-state index in [4.69, 9.17) is 4.74 Å². The number of phenolic OH excluding ortho intramolecular Hbond substituents is 2. The molecular weight excluding hydrogens is 488 g/mol. The molecule has 2 heterocycles. The zero-order chi connectivity index (χ0) is 27.5. The molecule has 0 saturated carbocycles. The molecule has 0 spiro atoms. The monoisotopic (exact) mass is 516 g/mol. The summed E-state index contributed by atoms with van der Waals surface area (Å²) >= 11 is 0. The van der Waals surface area contributed by atoms with E-state index < -0.39 is 28.5 Å². The first-order chi connectivity index (χ1) is 18.0. The lowest BCUT2D eigenvalue weighted by Gasteiger charge is -2.30. The summed E-state index contributed by atoms with van der Waals surface area (Å²) in [6.45, 7) is 6.16. The van der Waals surface area contributed by atoms with Gasteiger partial charge in [0.1, 0.15) is 34.0 Å². The number of Topliss-reactive ketones (excluding diaryl/α,β-unsaturated/α-hetero) is 2. The Morgan fingerprint density at radius 3 is 2.55 bits per heavy atom. The second-order valence-corrected chi connectivity index (χ2v) is 10.0. The zero-order valence-electron chi connectivity index (χ0n) is 21.6. The van der Waals surface area contributed by atoms with Crippen LogP contribution < -0.4 is 15.0 Å². The molecule has 0 saturated heterocycles. The van der Waals surface area contributed by atoms with Crippen molar-refractivity contribution >= 4 is 28.9 Å². The summed E-state index contributed by atoms with van der Waals surface area (Å²) in [5, 5.41) is 24.4. The van der Waals surface area contributed by atoms with Crippen molar-refractivity contribution < 1.29 is 34.1 Å². The lowest BCUT2D eigenvalue weighted by molar-refractivity contribution is -0.124. The molecule has 2 aliphatic heterocycles. The molecule has 5 rings (SSSR count). The van der Waals surface area contributed by atoms with Crippen molar-refractivity contribution in [2.45, 2.75) is 46.0 Å². The third-order valence-corrected chi connectivity index (χ3v) is 7.68. The number of fused-ring (bicyclic) bond motifs is 4. The molecule has 2 aromatic carbocycles. The standard InChI is InChI=1S/C29H28N2O7/c1-14-25(35)23(16(3)32)27-24(26(14)36)29(4)20(38-27)12-19(33)22(28(29)37)15(2)30-13-21(34)31-11-7-9-17-8-5-6-10-18(17)31/h5-6,8,10,12,30,35-36H,7,9,11,13H2,1-4H3. The molecule has 38 heavy (non-hydrogen) atoms. The highest BCUT2D eigenvalue weighted by Gasteiger charge is 2.56. The van der Waals surface area contributed by atoms with Crippen LogP contribution in [0, 0.1) is 6.92 Å². The van der Waals surface area contributed by atoms with Crippen LogP contribution in [0.15, 0.2) is 47.4 Å². The summed E-state index contributed by atoms with van der Waals surface area (Å²) in [5.41, 5.74) is 0.265. The number of aryl methyl sites for hydroxylation is 1. The molecule has 3 aliphatic rings. The maximum Gasteiger partial charge on any atom is 0.246 e. The number of allylic oxidation sites excluding steroid dienone is 4. The minimum absolute atomic E-state index is 0.0213. The summed E-state index contributed by atoms with van der Waals surface area (Å²) in [6, 6.07) is 7.71. The van der Waals surface area contributed by atoms with Crippen molar-refractivity contribution in [3.8, 4) is 17.2 Å². The molecule has 9 heteroatoms. The Bertz CT molecular complexity index is 1520. The zero-order valence-corrected chi connectivity index (χ0v) is 21.6. The maximum absolute atomic E-state index is 13.9. The number of aromatic hydroxyl groups is 2. The van der Waals surface area contributed by atoms with E-state index in [0.29, 0.717) is 6.54 Å². The fourth-order valence-electron chi connectivity index (χ4n) is 5.55. The lowest BCUT2D eigenvalue weighted by Crippen LogP contribution is -2.43. The van der Waals surface area contributed by atoms with E-state index in [1.807, 2.05) is 24.3 Å². The fraction of sp³-hybridized carbons (Fsp3) is 0.310. The first-order valence-corrected chi connectivity index (χ1v) is 12.4. The summed E-state index contributed by atoms with van der Waals surface area (Å²) in [5.74, 6) is -2.99. The van der Waals surface area contributed by atoms with Crippen LogP contribution in [-0.4, -0.2) is 46.6 Å². The van der Waals surface area contributed by atoms with Crippen LogP contribution in [-0.2, 0) is 26.2 Å². The average Bonchev–Trinajstić information content (AvgIpc) is 3.18. The van der Waals surface area contributed by atoms with E-state index in [-0.39, 0.29) is 57.7 Å². The predicted octanol–water partition coefficient (Wildman–Crippen LogP) is 3.14. The highest BCUT2D eigenvalue weighted by Crippen LogP contribution is 2.57. The number of carbonyl (C=O) groups is 4. The van der Waals surface area contributed by atoms with Crippen molar-refractivity contribution in [2.75, 3.05) is 18.0 Å². The highest BCUT2D eigenvalue weighted by atomic mass is 16.5. The molecule has 0 bridgehead atoms. The van der Waals surface area contributed by atoms with E-state index in [1.54, 1.807) is 11.8 Å². The number of ketones is 3. The van der Waals surface area contributed by atoms with E-state index in [2.05, 4.69) is 5.32 Å². The van der Waals surface area contributed by atoms with Crippen LogP contribution in [0.3, 0.4) is 0 Å². The highest BCUT2D eigenvalue weighted by molar-refractivity contribution is 6.31. The summed E-state index contributed by atoms with van der Waals surface area (Å²) in [4.78, 5) is 54.1. The van der Waals surface area contributed by atoms with Gasteiger partial charge < -0.3 is 25.2 Å². The topological polar surface area (TPSA) is 133 Å². The van der Waals surface area contributed by atoms with Crippen molar-refractivity contribution in [1.29, 1.82) is 0 Å². The molecule has 1 unspecified atom stereocenters. The van der Waals surface area contributed by atoms with Crippen LogP contribution in [0.1, 0.15) is 54.2 Å². The van der Waals surface area contributed by atoms with Crippen molar-refractivity contribution in [1.82, 2.24) is 5.32 Å². The fourth-order valence-corrected chi connectivity index (χ4v) is 5.55. The summed E-state index contributed by atoms with van der Waals surface area (Å²) in [6.07, 6.45) is 2.89. The van der Waals surface area contributed by atoms with Gasteiger partial charge in [-0.25, -0.2) is 0 Å². The summed E-state index contributed by atoms with van der Waals surface area (Å²) in [7, 11) is 0. The molecule has 1 atom stereocenters. The van der Waals surface area contributed by atoms with Gasteiger partial charge in [-0.2, -0.15) is 0 Å². The van der Waals surface area contributed by atoms with Crippen molar-refractivity contribution in [2.24, 2.45) is 0 Å². The number of hydrogen-bond acceptors (Lipinski definition) is 8. The number of hydrogen-bond donors (Lipinski definition) is 3.